The first-order valence-corrected chi connectivity index (χ1v) is 11.3. The Morgan fingerprint density at radius 2 is 1.77 bits per heavy atom. The number of nitrogens with one attached hydrogen (secondary N) is 1. The average molecular weight is 430 g/mol. The lowest BCUT2D eigenvalue weighted by Gasteiger charge is -2.19. The first kappa shape index (κ1) is 22.6. The van der Waals surface area contributed by atoms with E-state index in [-0.39, 0.29) is 6.61 Å². The summed E-state index contributed by atoms with van der Waals surface area (Å²) in [7, 11) is 1.69. The number of hydrogen-bond donors (Lipinski definition) is 2. The van der Waals surface area contributed by atoms with Crippen molar-refractivity contribution in [2.45, 2.75) is 25.7 Å². The van der Waals surface area contributed by atoms with Crippen LogP contribution in [0.4, 0.5) is 5.69 Å². The highest BCUT2D eigenvalue weighted by molar-refractivity contribution is 6.18. The van der Waals surface area contributed by atoms with Gasteiger partial charge in [0, 0.05) is 36.3 Å². The number of benzene rings is 2. The van der Waals surface area contributed by atoms with E-state index in [9.17, 15) is 0 Å². The number of anilines is 1. The molecule has 3 rings (SSSR count). The van der Waals surface area contributed by atoms with Crippen LogP contribution in [-0.4, -0.2) is 60.8 Å². The van der Waals surface area contributed by atoms with Crippen molar-refractivity contribution in [2.75, 3.05) is 51.1 Å². The number of para-hydroxylation sites is 1. The Hall–Kier alpha value is -2.08. The van der Waals surface area contributed by atoms with E-state index in [0.29, 0.717) is 12.4 Å². The third-order valence-corrected chi connectivity index (χ3v) is 5.58. The number of unbranched alkanes of at least 4 members (excludes halogenated alkanes) is 3. The van der Waals surface area contributed by atoms with E-state index >= 15 is 0 Å². The normalized spacial score (nSPS) is 11.5. The molecule has 2 N–H and O–H groups in total. The smallest absolute Gasteiger partial charge is 0.119 e. The summed E-state index contributed by atoms with van der Waals surface area (Å²) in [6, 6.07) is 14.3. The Morgan fingerprint density at radius 3 is 2.57 bits per heavy atom. The zero-order valence-electron chi connectivity index (χ0n) is 17.7. The van der Waals surface area contributed by atoms with Crippen molar-refractivity contribution in [3.05, 3.63) is 42.5 Å². The number of nitrogens with zero attached hydrogens (tertiary/aromatic N) is 2. The van der Waals surface area contributed by atoms with E-state index in [4.69, 9.17) is 26.4 Å². The van der Waals surface area contributed by atoms with E-state index in [1.807, 2.05) is 18.2 Å². The van der Waals surface area contributed by atoms with E-state index < -0.39 is 0 Å². The Kier molecular flexibility index (Phi) is 9.00. The topological polar surface area (TPSA) is 57.6 Å². The predicted molar refractivity (Wildman–Crippen MR) is 127 cm³/mol. The molecule has 6 heteroatoms. The molecule has 0 atom stereocenters. The van der Waals surface area contributed by atoms with Gasteiger partial charge in [-0.1, -0.05) is 31.0 Å². The van der Waals surface area contributed by atoms with Crippen LogP contribution in [0.15, 0.2) is 42.5 Å². The molecule has 2 aromatic carbocycles. The number of hydrogen-bond acceptors (Lipinski definition) is 5. The van der Waals surface area contributed by atoms with Crippen LogP contribution < -0.4 is 10.1 Å². The van der Waals surface area contributed by atoms with Gasteiger partial charge in [-0.25, -0.2) is 4.98 Å². The second-order valence-electron chi connectivity index (χ2n) is 7.48. The SMILES string of the molecule is COc1ccc2nc3ccccc3c(NCCCCCCN(CCO)CCCl)c2c1. The monoisotopic (exact) mass is 429 g/mol. The first-order valence-electron chi connectivity index (χ1n) is 10.8. The van der Waals surface area contributed by atoms with Crippen molar-refractivity contribution in [1.29, 1.82) is 0 Å². The van der Waals surface area contributed by atoms with Crippen molar-refractivity contribution in [3.63, 3.8) is 0 Å². The van der Waals surface area contributed by atoms with E-state index in [1.165, 1.54) is 12.8 Å². The van der Waals surface area contributed by atoms with Gasteiger partial charge in [-0.05, 0) is 43.7 Å². The van der Waals surface area contributed by atoms with Crippen molar-refractivity contribution < 1.29 is 9.84 Å². The molecule has 0 aliphatic heterocycles. The molecule has 162 valence electrons. The number of aliphatic hydroxyl groups excluding tert-OH is 1. The number of fused-ring (bicyclic) bond motifs is 2. The fourth-order valence-electron chi connectivity index (χ4n) is 3.81. The predicted octanol–water partition coefficient (Wildman–Crippen LogP) is 4.90. The number of ether oxygens (including phenoxy) is 1. The van der Waals surface area contributed by atoms with Crippen molar-refractivity contribution in [1.82, 2.24) is 9.88 Å². The van der Waals surface area contributed by atoms with Crippen molar-refractivity contribution in [3.8, 4) is 5.75 Å². The van der Waals surface area contributed by atoms with Gasteiger partial charge in [-0.15, -0.1) is 11.6 Å². The highest BCUT2D eigenvalue weighted by atomic mass is 35.5. The van der Waals surface area contributed by atoms with Gasteiger partial charge < -0.3 is 15.2 Å². The number of methoxy groups -OCH3 is 1. The van der Waals surface area contributed by atoms with Gasteiger partial charge in [0.25, 0.3) is 0 Å². The number of rotatable bonds is 13. The quantitative estimate of drug-likeness (QED) is 0.230. The number of pyridine rings is 1. The molecule has 1 aromatic heterocycles. The maximum absolute atomic E-state index is 9.12. The molecule has 0 amide bonds. The zero-order chi connectivity index (χ0) is 21.2. The minimum atomic E-state index is 0.194. The third-order valence-electron chi connectivity index (χ3n) is 5.41. The van der Waals surface area contributed by atoms with Crippen molar-refractivity contribution >= 4 is 39.1 Å². The molecular weight excluding hydrogens is 398 g/mol. The molecule has 5 nitrogen and oxygen atoms in total. The molecule has 0 saturated heterocycles. The minimum Gasteiger partial charge on any atom is -0.497 e. The molecule has 0 bridgehead atoms. The molecule has 0 fully saturated rings. The fourth-order valence-corrected chi connectivity index (χ4v) is 4.05. The molecule has 3 aromatic rings. The summed E-state index contributed by atoms with van der Waals surface area (Å²) in [6.45, 7) is 3.66. The van der Waals surface area contributed by atoms with E-state index in [1.54, 1.807) is 7.11 Å². The average Bonchev–Trinajstić information content (AvgIpc) is 2.77. The molecule has 0 spiro atoms. The molecular formula is C24H32ClN3O2. The van der Waals surface area contributed by atoms with Crippen LogP contribution in [0.5, 0.6) is 5.75 Å². The van der Waals surface area contributed by atoms with Crippen LogP contribution in [0.25, 0.3) is 21.8 Å². The van der Waals surface area contributed by atoms with Crippen LogP contribution in [0.3, 0.4) is 0 Å². The molecule has 0 unspecified atom stereocenters. The van der Waals surface area contributed by atoms with Crippen LogP contribution >= 0.6 is 11.6 Å². The number of alkyl halides is 1. The lowest BCUT2D eigenvalue weighted by atomic mass is 10.1. The van der Waals surface area contributed by atoms with Gasteiger partial charge in [0.2, 0.25) is 0 Å². The maximum Gasteiger partial charge on any atom is 0.119 e. The summed E-state index contributed by atoms with van der Waals surface area (Å²) in [4.78, 5) is 7.03. The van der Waals surface area contributed by atoms with Gasteiger partial charge >= 0.3 is 0 Å². The molecule has 0 aliphatic rings. The Labute approximate surface area is 184 Å². The summed E-state index contributed by atoms with van der Waals surface area (Å²) in [6.07, 6.45) is 4.59. The minimum absolute atomic E-state index is 0.194. The Balaban J connectivity index is 1.58. The summed E-state index contributed by atoms with van der Waals surface area (Å²) in [5.41, 5.74) is 3.10. The van der Waals surface area contributed by atoms with Gasteiger partial charge in [0.15, 0.2) is 0 Å². The number of aliphatic hydroxyl groups is 1. The lowest BCUT2D eigenvalue weighted by molar-refractivity contribution is 0.200. The lowest BCUT2D eigenvalue weighted by Crippen LogP contribution is -2.29. The summed E-state index contributed by atoms with van der Waals surface area (Å²) < 4.78 is 5.43. The van der Waals surface area contributed by atoms with Crippen molar-refractivity contribution in [2.24, 2.45) is 0 Å². The van der Waals surface area contributed by atoms with E-state index in [2.05, 4.69) is 34.5 Å². The van der Waals surface area contributed by atoms with Crippen LogP contribution in [0, 0.1) is 0 Å². The summed E-state index contributed by atoms with van der Waals surface area (Å²) in [5.74, 6) is 1.45. The maximum atomic E-state index is 9.12. The van der Waals surface area contributed by atoms with Crippen LogP contribution in [0.2, 0.25) is 0 Å². The molecule has 30 heavy (non-hydrogen) atoms. The summed E-state index contributed by atoms with van der Waals surface area (Å²) in [5, 5.41) is 15.0. The molecule has 1 heterocycles. The van der Waals surface area contributed by atoms with Crippen LogP contribution in [0.1, 0.15) is 25.7 Å². The van der Waals surface area contributed by atoms with Gasteiger partial charge in [0.05, 0.1) is 30.4 Å². The highest BCUT2D eigenvalue weighted by Gasteiger charge is 2.10. The molecule has 0 saturated carbocycles. The molecule has 0 radical (unpaired) electrons. The second-order valence-corrected chi connectivity index (χ2v) is 7.86. The number of halogens is 1. The van der Waals surface area contributed by atoms with Crippen LogP contribution in [-0.2, 0) is 0 Å². The third kappa shape index (κ3) is 5.97. The summed E-state index contributed by atoms with van der Waals surface area (Å²) >= 11 is 5.83. The second kappa shape index (κ2) is 11.9. The largest absolute Gasteiger partial charge is 0.497 e. The molecule has 0 aliphatic carbocycles. The van der Waals surface area contributed by atoms with E-state index in [0.717, 1.165) is 65.7 Å². The highest BCUT2D eigenvalue weighted by Crippen LogP contribution is 2.33. The van der Waals surface area contributed by atoms with Gasteiger partial charge in [0.1, 0.15) is 5.75 Å². The fraction of sp³-hybridized carbons (Fsp3) is 0.458. The zero-order valence-corrected chi connectivity index (χ0v) is 18.5. The number of aromatic nitrogens is 1. The first-order chi connectivity index (χ1) is 14.8. The standard InChI is InChI=1S/C24H32ClN3O2/c1-30-19-10-11-23-21(18-19)24(20-8-4-5-9-22(20)27-23)26-13-6-2-3-7-14-28(15-12-25)16-17-29/h4-5,8-11,18,29H,2-3,6-7,12-17H2,1H3,(H,26,27). The Bertz CT molecular complexity index is 929. The van der Waals surface area contributed by atoms with Gasteiger partial charge in [-0.3, -0.25) is 4.90 Å². The van der Waals surface area contributed by atoms with Gasteiger partial charge in [-0.2, -0.15) is 0 Å². The Morgan fingerprint density at radius 1 is 0.967 bits per heavy atom.